The molecule has 0 atom stereocenters. The lowest BCUT2D eigenvalue weighted by molar-refractivity contribution is 0.0509. The molecule has 0 aliphatic heterocycles. The zero-order chi connectivity index (χ0) is 13.7. The van der Waals surface area contributed by atoms with Crippen LogP contribution in [0.15, 0.2) is 42.7 Å². The van der Waals surface area contributed by atoms with E-state index >= 15 is 0 Å². The van der Waals surface area contributed by atoms with Crippen molar-refractivity contribution in [2.75, 3.05) is 12.3 Å². The highest BCUT2D eigenvalue weighted by atomic mass is 16.5. The van der Waals surface area contributed by atoms with Crippen molar-refractivity contribution < 1.29 is 9.53 Å². The summed E-state index contributed by atoms with van der Waals surface area (Å²) in [5.41, 5.74) is 8.62. The average Bonchev–Trinajstić information content (AvgIpc) is 2.40. The molecule has 2 aromatic rings. The summed E-state index contributed by atoms with van der Waals surface area (Å²) in [6.07, 6.45) is 4.10. The quantitative estimate of drug-likeness (QED) is 0.673. The van der Waals surface area contributed by atoms with Gasteiger partial charge in [0.1, 0.15) is 0 Å². The van der Waals surface area contributed by atoms with Crippen LogP contribution in [-0.2, 0) is 11.2 Å². The monoisotopic (exact) mass is 256 g/mol. The fourth-order valence-corrected chi connectivity index (χ4v) is 1.85. The van der Waals surface area contributed by atoms with Crippen LogP contribution in [0.1, 0.15) is 21.5 Å². The summed E-state index contributed by atoms with van der Waals surface area (Å²) in [6, 6.07) is 9.16. The van der Waals surface area contributed by atoms with Crippen molar-refractivity contribution in [2.24, 2.45) is 0 Å². The summed E-state index contributed by atoms with van der Waals surface area (Å²) in [7, 11) is 0. The zero-order valence-electron chi connectivity index (χ0n) is 10.8. The van der Waals surface area contributed by atoms with Crippen LogP contribution in [0.5, 0.6) is 0 Å². The smallest absolute Gasteiger partial charge is 0.340 e. The molecule has 0 spiro atoms. The first-order valence-corrected chi connectivity index (χ1v) is 6.09. The molecule has 0 aliphatic carbocycles. The van der Waals surface area contributed by atoms with Crippen molar-refractivity contribution in [1.29, 1.82) is 0 Å². The van der Waals surface area contributed by atoms with Crippen LogP contribution in [0.25, 0.3) is 0 Å². The number of ether oxygens (including phenoxy) is 1. The summed E-state index contributed by atoms with van der Waals surface area (Å²) in [6.45, 7) is 2.17. The van der Waals surface area contributed by atoms with Crippen LogP contribution in [0.3, 0.4) is 0 Å². The number of nitrogen functional groups attached to an aromatic ring is 1. The van der Waals surface area contributed by atoms with Crippen LogP contribution in [0.4, 0.5) is 5.69 Å². The Kier molecular flexibility index (Phi) is 4.13. The van der Waals surface area contributed by atoms with E-state index in [9.17, 15) is 4.79 Å². The lowest BCUT2D eigenvalue weighted by Crippen LogP contribution is -2.12. The number of hydrogen-bond acceptors (Lipinski definition) is 4. The van der Waals surface area contributed by atoms with Gasteiger partial charge in [-0.05, 0) is 36.2 Å². The van der Waals surface area contributed by atoms with Crippen LogP contribution < -0.4 is 5.73 Å². The molecular formula is C15H16N2O2. The maximum atomic E-state index is 12.0. The molecule has 0 fully saturated rings. The second kappa shape index (κ2) is 6.00. The molecule has 1 aromatic carbocycles. The van der Waals surface area contributed by atoms with E-state index in [2.05, 4.69) is 4.98 Å². The lowest BCUT2D eigenvalue weighted by atomic mass is 10.1. The summed E-state index contributed by atoms with van der Waals surface area (Å²) in [4.78, 5) is 15.9. The van der Waals surface area contributed by atoms with Crippen LogP contribution >= 0.6 is 0 Å². The van der Waals surface area contributed by atoms with Gasteiger partial charge in [0.15, 0.2) is 0 Å². The Morgan fingerprint density at radius 3 is 2.68 bits per heavy atom. The lowest BCUT2D eigenvalue weighted by Gasteiger charge is -2.09. The number of benzene rings is 1. The summed E-state index contributed by atoms with van der Waals surface area (Å²) in [5, 5.41) is 0. The molecular weight excluding hydrogens is 240 g/mol. The largest absolute Gasteiger partial charge is 0.462 e. The molecule has 0 unspecified atom stereocenters. The zero-order valence-corrected chi connectivity index (χ0v) is 10.8. The Labute approximate surface area is 112 Å². The third-order valence-electron chi connectivity index (χ3n) is 2.88. The fourth-order valence-electron chi connectivity index (χ4n) is 1.85. The van der Waals surface area contributed by atoms with E-state index in [0.29, 0.717) is 24.3 Å². The van der Waals surface area contributed by atoms with Crippen molar-refractivity contribution in [3.63, 3.8) is 0 Å². The highest BCUT2D eigenvalue weighted by Crippen LogP contribution is 2.17. The molecule has 4 nitrogen and oxygen atoms in total. The number of carbonyl (C=O) groups excluding carboxylic acids is 1. The van der Waals surface area contributed by atoms with E-state index in [-0.39, 0.29) is 5.97 Å². The standard InChI is InChI=1S/C15H16N2O2/c1-11-3-2-4-13(16)14(11)15(18)19-10-7-12-5-8-17-9-6-12/h2-6,8-9H,7,10,16H2,1H3. The number of aryl methyl sites for hydroxylation is 1. The van der Waals surface area contributed by atoms with Gasteiger partial charge >= 0.3 is 5.97 Å². The number of carbonyl (C=O) groups is 1. The Morgan fingerprint density at radius 1 is 1.26 bits per heavy atom. The predicted molar refractivity (Wildman–Crippen MR) is 73.8 cm³/mol. The van der Waals surface area contributed by atoms with Crippen molar-refractivity contribution in [3.8, 4) is 0 Å². The second-order valence-corrected chi connectivity index (χ2v) is 4.28. The van der Waals surface area contributed by atoms with Gasteiger partial charge in [-0.3, -0.25) is 4.98 Å². The third kappa shape index (κ3) is 3.31. The molecule has 4 heteroatoms. The first-order valence-electron chi connectivity index (χ1n) is 6.09. The molecule has 0 bridgehead atoms. The van der Waals surface area contributed by atoms with Crippen molar-refractivity contribution in [2.45, 2.75) is 13.3 Å². The van der Waals surface area contributed by atoms with Crippen molar-refractivity contribution in [1.82, 2.24) is 4.98 Å². The number of aromatic nitrogens is 1. The van der Waals surface area contributed by atoms with E-state index in [4.69, 9.17) is 10.5 Å². The number of esters is 1. The van der Waals surface area contributed by atoms with E-state index in [1.807, 2.05) is 31.2 Å². The van der Waals surface area contributed by atoms with Gasteiger partial charge in [0, 0.05) is 24.5 Å². The molecule has 1 aromatic heterocycles. The van der Waals surface area contributed by atoms with Crippen molar-refractivity contribution >= 4 is 11.7 Å². The van der Waals surface area contributed by atoms with Crippen LogP contribution in [0.2, 0.25) is 0 Å². The highest BCUT2D eigenvalue weighted by molar-refractivity contribution is 5.96. The number of rotatable bonds is 4. The van der Waals surface area contributed by atoms with Crippen LogP contribution in [-0.4, -0.2) is 17.6 Å². The van der Waals surface area contributed by atoms with Gasteiger partial charge in [-0.15, -0.1) is 0 Å². The van der Waals surface area contributed by atoms with Gasteiger partial charge in [-0.25, -0.2) is 4.79 Å². The Balaban J connectivity index is 1.95. The Morgan fingerprint density at radius 2 is 2.00 bits per heavy atom. The predicted octanol–water partition coefficient (Wildman–Crippen LogP) is 2.37. The summed E-state index contributed by atoms with van der Waals surface area (Å²) in [5.74, 6) is -0.371. The molecule has 0 saturated carbocycles. The molecule has 98 valence electrons. The first-order chi connectivity index (χ1) is 9.18. The normalized spacial score (nSPS) is 10.2. The minimum absolute atomic E-state index is 0.330. The maximum Gasteiger partial charge on any atom is 0.340 e. The fraction of sp³-hybridized carbons (Fsp3) is 0.200. The van der Waals surface area contributed by atoms with Gasteiger partial charge in [-0.1, -0.05) is 12.1 Å². The molecule has 0 radical (unpaired) electrons. The molecule has 0 aliphatic rings. The molecule has 19 heavy (non-hydrogen) atoms. The van der Waals surface area contributed by atoms with Gasteiger partial charge in [0.05, 0.1) is 12.2 Å². The van der Waals surface area contributed by atoms with Crippen molar-refractivity contribution in [3.05, 3.63) is 59.4 Å². The third-order valence-corrected chi connectivity index (χ3v) is 2.88. The number of anilines is 1. The highest BCUT2D eigenvalue weighted by Gasteiger charge is 2.13. The Bertz CT molecular complexity index is 547. The summed E-state index contributed by atoms with van der Waals surface area (Å²) >= 11 is 0. The van der Waals surface area contributed by atoms with E-state index in [1.165, 1.54) is 0 Å². The van der Waals surface area contributed by atoms with E-state index in [0.717, 1.165) is 11.1 Å². The maximum absolute atomic E-state index is 12.0. The van der Waals surface area contributed by atoms with Crippen LogP contribution in [0, 0.1) is 6.92 Å². The second-order valence-electron chi connectivity index (χ2n) is 4.28. The SMILES string of the molecule is Cc1cccc(N)c1C(=O)OCCc1ccncc1. The minimum atomic E-state index is -0.371. The van der Waals surface area contributed by atoms with Gasteiger partial charge in [0.25, 0.3) is 0 Å². The molecule has 2 rings (SSSR count). The Hall–Kier alpha value is -2.36. The number of nitrogens with two attached hydrogens (primary N) is 1. The molecule has 1 heterocycles. The molecule has 2 N–H and O–H groups in total. The summed E-state index contributed by atoms with van der Waals surface area (Å²) < 4.78 is 5.25. The minimum Gasteiger partial charge on any atom is -0.462 e. The van der Waals surface area contributed by atoms with Gasteiger partial charge < -0.3 is 10.5 Å². The molecule has 0 saturated heterocycles. The number of hydrogen-bond donors (Lipinski definition) is 1. The number of pyridine rings is 1. The number of nitrogens with zero attached hydrogens (tertiary/aromatic N) is 1. The topological polar surface area (TPSA) is 65.2 Å². The van der Waals surface area contributed by atoms with E-state index in [1.54, 1.807) is 18.5 Å². The molecule has 0 amide bonds. The first kappa shape index (κ1) is 13.1. The van der Waals surface area contributed by atoms with Gasteiger partial charge in [0.2, 0.25) is 0 Å². The van der Waals surface area contributed by atoms with Gasteiger partial charge in [-0.2, -0.15) is 0 Å². The van der Waals surface area contributed by atoms with E-state index < -0.39 is 0 Å². The average molecular weight is 256 g/mol.